The van der Waals surface area contributed by atoms with E-state index in [-0.39, 0.29) is 5.75 Å². The van der Waals surface area contributed by atoms with Gasteiger partial charge in [0.1, 0.15) is 11.3 Å². The van der Waals surface area contributed by atoms with Gasteiger partial charge in [-0.05, 0) is 24.6 Å². The lowest BCUT2D eigenvalue weighted by atomic mass is 10.1. The molecule has 2 aliphatic rings. The molecule has 164 valence electrons. The van der Waals surface area contributed by atoms with E-state index in [1.54, 1.807) is 13.2 Å². The van der Waals surface area contributed by atoms with E-state index in [0.717, 1.165) is 56.0 Å². The standard InChI is InChI=1S/C25H26N4O3/c1-31-22-10-9-19-24(30)23(16-21-17-6-2-3-8-20(17)27-28-21)32-25(19)18(22)7-4-5-13-29-14-11-26-12-15-29/h2-4,6-10,16,26,30H,5,11-15H2,1H3. The van der Waals surface area contributed by atoms with Crippen LogP contribution in [0.15, 0.2) is 57.1 Å². The highest BCUT2D eigenvalue weighted by Gasteiger charge is 2.20. The minimum atomic E-state index is 0.0881. The second-order valence-corrected chi connectivity index (χ2v) is 7.90. The first-order chi connectivity index (χ1) is 15.7. The Kier molecular flexibility index (Phi) is 5.75. The highest BCUT2D eigenvalue weighted by molar-refractivity contribution is 5.97. The second-order valence-electron chi connectivity index (χ2n) is 7.90. The SMILES string of the molecule is COc1ccc2c(O)c(C=C3N=Nc4ccccc43)oc2c1C=CCCN1CCNCC1. The van der Waals surface area contributed by atoms with Crippen LogP contribution in [0.25, 0.3) is 28.8 Å². The summed E-state index contributed by atoms with van der Waals surface area (Å²) in [6, 6.07) is 11.4. The smallest absolute Gasteiger partial charge is 0.172 e. The summed E-state index contributed by atoms with van der Waals surface area (Å²) in [5.41, 5.74) is 3.80. The van der Waals surface area contributed by atoms with Gasteiger partial charge in [-0.25, -0.2) is 0 Å². The molecule has 0 spiro atoms. The van der Waals surface area contributed by atoms with Gasteiger partial charge in [-0.15, -0.1) is 10.2 Å². The molecular formula is C25H26N4O3. The topological polar surface area (TPSA) is 82.6 Å². The third-order valence-corrected chi connectivity index (χ3v) is 5.90. The first-order valence-electron chi connectivity index (χ1n) is 10.9. The number of ether oxygens (including phenoxy) is 1. The molecule has 1 aromatic heterocycles. The van der Waals surface area contributed by atoms with E-state index in [4.69, 9.17) is 9.15 Å². The molecule has 0 saturated carbocycles. The molecule has 0 bridgehead atoms. The van der Waals surface area contributed by atoms with Gasteiger partial charge >= 0.3 is 0 Å². The Morgan fingerprint density at radius 1 is 1.16 bits per heavy atom. The summed E-state index contributed by atoms with van der Waals surface area (Å²) in [5, 5.41) is 23.3. The van der Waals surface area contributed by atoms with Gasteiger partial charge in [0.05, 0.1) is 29.4 Å². The minimum absolute atomic E-state index is 0.0881. The number of hydrogen-bond acceptors (Lipinski definition) is 7. The molecule has 3 heterocycles. The van der Waals surface area contributed by atoms with Crippen molar-refractivity contribution in [1.82, 2.24) is 10.2 Å². The summed E-state index contributed by atoms with van der Waals surface area (Å²) in [5.74, 6) is 1.15. The van der Waals surface area contributed by atoms with Gasteiger partial charge in [0.15, 0.2) is 11.5 Å². The fourth-order valence-electron chi connectivity index (χ4n) is 4.17. The lowest BCUT2D eigenvalue weighted by Gasteiger charge is -2.26. The van der Waals surface area contributed by atoms with E-state index in [0.29, 0.717) is 28.2 Å². The highest BCUT2D eigenvalue weighted by Crippen LogP contribution is 2.42. The van der Waals surface area contributed by atoms with Crippen LogP contribution in [0.5, 0.6) is 11.5 Å². The number of aromatic hydroxyl groups is 1. The van der Waals surface area contributed by atoms with E-state index in [1.165, 1.54) is 0 Å². The van der Waals surface area contributed by atoms with Crippen LogP contribution in [-0.2, 0) is 0 Å². The predicted molar refractivity (Wildman–Crippen MR) is 126 cm³/mol. The number of methoxy groups -OCH3 is 1. The molecule has 0 unspecified atom stereocenters. The van der Waals surface area contributed by atoms with E-state index in [1.807, 2.05) is 42.5 Å². The Bertz CT molecular complexity index is 1220. The number of rotatable bonds is 6. The first-order valence-corrected chi connectivity index (χ1v) is 10.9. The van der Waals surface area contributed by atoms with Crippen LogP contribution in [0.1, 0.15) is 23.3 Å². The zero-order chi connectivity index (χ0) is 21.9. The van der Waals surface area contributed by atoms with E-state index >= 15 is 0 Å². The maximum atomic E-state index is 10.8. The molecule has 7 nitrogen and oxygen atoms in total. The van der Waals surface area contributed by atoms with Gasteiger partial charge in [-0.1, -0.05) is 30.4 Å². The normalized spacial score (nSPS) is 17.6. The molecule has 0 radical (unpaired) electrons. The van der Waals surface area contributed by atoms with Crippen LogP contribution in [0.3, 0.4) is 0 Å². The third kappa shape index (κ3) is 3.92. The van der Waals surface area contributed by atoms with Crippen molar-refractivity contribution in [2.45, 2.75) is 6.42 Å². The molecule has 1 fully saturated rings. The average Bonchev–Trinajstić information content (AvgIpc) is 3.39. The van der Waals surface area contributed by atoms with Gasteiger partial charge in [-0.3, -0.25) is 0 Å². The molecule has 7 heteroatoms. The Hall–Kier alpha value is -3.42. The number of azo groups is 1. The van der Waals surface area contributed by atoms with Gasteiger partial charge in [0, 0.05) is 44.4 Å². The van der Waals surface area contributed by atoms with E-state index in [2.05, 4.69) is 26.5 Å². The predicted octanol–water partition coefficient (Wildman–Crippen LogP) is 5.05. The lowest BCUT2D eigenvalue weighted by molar-refractivity contribution is 0.245. The number of furan rings is 1. The maximum absolute atomic E-state index is 10.8. The molecule has 3 aromatic rings. The zero-order valence-corrected chi connectivity index (χ0v) is 18.0. The molecule has 0 aliphatic carbocycles. The van der Waals surface area contributed by atoms with Gasteiger partial charge in [0.2, 0.25) is 0 Å². The van der Waals surface area contributed by atoms with Crippen molar-refractivity contribution in [3.05, 3.63) is 59.4 Å². The number of benzene rings is 2. The molecule has 2 aromatic carbocycles. The van der Waals surface area contributed by atoms with Gasteiger partial charge in [-0.2, -0.15) is 0 Å². The summed E-state index contributed by atoms with van der Waals surface area (Å²) < 4.78 is 11.7. The molecule has 2 aliphatic heterocycles. The molecule has 1 saturated heterocycles. The molecule has 2 N–H and O–H groups in total. The number of nitrogens with zero attached hydrogens (tertiary/aromatic N) is 3. The first kappa shape index (κ1) is 20.5. The van der Waals surface area contributed by atoms with Crippen LogP contribution in [0.4, 0.5) is 5.69 Å². The lowest BCUT2D eigenvalue weighted by Crippen LogP contribution is -2.43. The Morgan fingerprint density at radius 2 is 2.00 bits per heavy atom. The number of piperazine rings is 1. The summed E-state index contributed by atoms with van der Waals surface area (Å²) in [6.45, 7) is 5.27. The average molecular weight is 431 g/mol. The Morgan fingerprint density at radius 3 is 2.84 bits per heavy atom. The van der Waals surface area contributed by atoms with Gasteiger partial charge in [0.25, 0.3) is 0 Å². The van der Waals surface area contributed by atoms with Crippen molar-refractivity contribution in [2.75, 3.05) is 39.8 Å². The zero-order valence-electron chi connectivity index (χ0n) is 18.0. The highest BCUT2D eigenvalue weighted by atomic mass is 16.5. The summed E-state index contributed by atoms with van der Waals surface area (Å²) >= 11 is 0. The van der Waals surface area contributed by atoms with Crippen molar-refractivity contribution >= 4 is 34.5 Å². The summed E-state index contributed by atoms with van der Waals surface area (Å²) in [6.07, 6.45) is 6.82. The Balaban J connectivity index is 1.45. The largest absolute Gasteiger partial charge is 0.504 e. The van der Waals surface area contributed by atoms with Crippen molar-refractivity contribution in [2.24, 2.45) is 10.2 Å². The third-order valence-electron chi connectivity index (χ3n) is 5.90. The maximum Gasteiger partial charge on any atom is 0.172 e. The van der Waals surface area contributed by atoms with Crippen molar-refractivity contribution < 1.29 is 14.3 Å². The minimum Gasteiger partial charge on any atom is -0.504 e. The van der Waals surface area contributed by atoms with Crippen molar-refractivity contribution in [1.29, 1.82) is 0 Å². The molecule has 32 heavy (non-hydrogen) atoms. The molecule has 0 amide bonds. The van der Waals surface area contributed by atoms with E-state index < -0.39 is 0 Å². The van der Waals surface area contributed by atoms with Crippen LogP contribution in [0, 0.1) is 0 Å². The fourth-order valence-corrected chi connectivity index (χ4v) is 4.17. The number of hydrogen-bond donors (Lipinski definition) is 2. The van der Waals surface area contributed by atoms with Crippen LogP contribution in [-0.4, -0.2) is 49.8 Å². The van der Waals surface area contributed by atoms with Crippen molar-refractivity contribution in [3.8, 4) is 11.5 Å². The quantitative estimate of drug-likeness (QED) is 0.572. The monoisotopic (exact) mass is 430 g/mol. The second kappa shape index (κ2) is 8.98. The molecular weight excluding hydrogens is 404 g/mol. The van der Waals surface area contributed by atoms with Crippen LogP contribution < -0.4 is 10.1 Å². The summed E-state index contributed by atoms with van der Waals surface area (Å²) in [4.78, 5) is 2.45. The fraction of sp³-hybridized carbons (Fsp3) is 0.280. The number of nitrogens with one attached hydrogen (secondary N) is 1. The van der Waals surface area contributed by atoms with E-state index in [9.17, 15) is 5.11 Å². The van der Waals surface area contributed by atoms with Gasteiger partial charge < -0.3 is 24.5 Å². The molecule has 0 atom stereocenters. The van der Waals surface area contributed by atoms with Crippen molar-refractivity contribution in [3.63, 3.8) is 0 Å². The van der Waals surface area contributed by atoms with Crippen LogP contribution >= 0.6 is 0 Å². The molecule has 5 rings (SSSR count). The number of fused-ring (bicyclic) bond motifs is 2. The Labute approximate surface area is 186 Å². The summed E-state index contributed by atoms with van der Waals surface area (Å²) in [7, 11) is 1.64. The van der Waals surface area contributed by atoms with Crippen LogP contribution in [0.2, 0.25) is 0 Å².